The number of fused-ring (bicyclic) bond motifs is 1. The third kappa shape index (κ3) is 2.66. The van der Waals surface area contributed by atoms with Crippen LogP contribution < -0.4 is 0 Å². The lowest BCUT2D eigenvalue weighted by Crippen LogP contribution is -2.50. The number of nitrogens with zero attached hydrogens (tertiary/aromatic N) is 3. The van der Waals surface area contributed by atoms with E-state index in [-0.39, 0.29) is 12.5 Å². The summed E-state index contributed by atoms with van der Waals surface area (Å²) in [7, 11) is 3.27. The zero-order valence-corrected chi connectivity index (χ0v) is 14.2. The Morgan fingerprint density at radius 2 is 1.75 bits per heavy atom. The maximum Gasteiger partial charge on any atom is 0.262 e. The van der Waals surface area contributed by atoms with Crippen molar-refractivity contribution < 1.29 is 19.2 Å². The van der Waals surface area contributed by atoms with E-state index in [9.17, 15) is 19.2 Å². The van der Waals surface area contributed by atoms with Gasteiger partial charge in [-0.25, -0.2) is 0 Å². The van der Waals surface area contributed by atoms with E-state index in [4.69, 9.17) is 0 Å². The largest absolute Gasteiger partial charge is 0.347 e. The molecule has 1 saturated heterocycles. The number of benzene rings is 1. The van der Waals surface area contributed by atoms with Crippen LogP contribution in [0.5, 0.6) is 0 Å². The molecule has 1 fully saturated rings. The summed E-state index contributed by atoms with van der Waals surface area (Å²) in [4.78, 5) is 53.3. The molecule has 1 aromatic rings. The first-order chi connectivity index (χ1) is 11.4. The van der Waals surface area contributed by atoms with Gasteiger partial charge in [0.15, 0.2) is 0 Å². The number of likely N-dealkylation sites (N-methyl/N-ethyl adjacent to an activating group) is 1. The van der Waals surface area contributed by atoms with Gasteiger partial charge in [-0.15, -0.1) is 11.8 Å². The molecule has 0 aliphatic carbocycles. The first-order valence-electron chi connectivity index (χ1n) is 7.45. The molecule has 24 heavy (non-hydrogen) atoms. The molecule has 7 nitrogen and oxygen atoms in total. The van der Waals surface area contributed by atoms with E-state index in [0.29, 0.717) is 22.8 Å². The topological polar surface area (TPSA) is 78.0 Å². The smallest absolute Gasteiger partial charge is 0.262 e. The Hall–Kier alpha value is -2.35. The van der Waals surface area contributed by atoms with Crippen molar-refractivity contribution in [2.45, 2.75) is 6.04 Å². The summed E-state index contributed by atoms with van der Waals surface area (Å²) in [6.45, 7) is -0.343. The summed E-state index contributed by atoms with van der Waals surface area (Å²) in [6, 6.07) is 5.96. The standard InChI is InChI=1S/C16H17N3O4S/c1-17(2)16(23)12-8-24-9-19(12)13(20)7-18-14(21)10-5-3-4-6-11(10)15(18)22/h3-6,12H,7-9H2,1-2H3/t12-/m0/s1. The number of rotatable bonds is 3. The molecule has 126 valence electrons. The lowest BCUT2D eigenvalue weighted by Gasteiger charge is -2.26. The van der Waals surface area contributed by atoms with Crippen molar-refractivity contribution in [2.75, 3.05) is 32.3 Å². The highest BCUT2D eigenvalue weighted by Crippen LogP contribution is 2.25. The zero-order chi connectivity index (χ0) is 17.4. The summed E-state index contributed by atoms with van der Waals surface area (Å²) in [5.41, 5.74) is 0.624. The van der Waals surface area contributed by atoms with Gasteiger partial charge in [-0.1, -0.05) is 12.1 Å². The predicted molar refractivity (Wildman–Crippen MR) is 88.5 cm³/mol. The van der Waals surface area contributed by atoms with Gasteiger partial charge in [-0.2, -0.15) is 0 Å². The van der Waals surface area contributed by atoms with Crippen molar-refractivity contribution >= 4 is 35.4 Å². The van der Waals surface area contributed by atoms with Gasteiger partial charge in [0.2, 0.25) is 11.8 Å². The Balaban J connectivity index is 1.75. The highest BCUT2D eigenvalue weighted by Gasteiger charge is 2.40. The molecule has 2 aliphatic heterocycles. The minimum atomic E-state index is -0.548. The molecule has 0 bridgehead atoms. The summed E-state index contributed by atoms with van der Waals surface area (Å²) >= 11 is 1.48. The minimum absolute atomic E-state index is 0.157. The Morgan fingerprint density at radius 3 is 2.29 bits per heavy atom. The highest BCUT2D eigenvalue weighted by atomic mass is 32.2. The van der Waals surface area contributed by atoms with Crippen LogP contribution in [0.15, 0.2) is 24.3 Å². The van der Waals surface area contributed by atoms with Crippen molar-refractivity contribution in [1.29, 1.82) is 0 Å². The number of imide groups is 1. The normalized spacial score (nSPS) is 19.7. The summed E-state index contributed by atoms with van der Waals surface area (Å²) in [5, 5.41) is 0. The van der Waals surface area contributed by atoms with E-state index in [1.165, 1.54) is 21.6 Å². The summed E-state index contributed by atoms with van der Waals surface area (Å²) < 4.78 is 0. The third-order valence-corrected chi connectivity index (χ3v) is 5.11. The van der Waals surface area contributed by atoms with Crippen LogP contribution in [0.2, 0.25) is 0 Å². The van der Waals surface area contributed by atoms with Crippen molar-refractivity contribution in [3.63, 3.8) is 0 Å². The Kier molecular flexibility index (Phi) is 4.31. The summed E-state index contributed by atoms with van der Waals surface area (Å²) in [6.07, 6.45) is 0. The fraction of sp³-hybridized carbons (Fsp3) is 0.375. The molecular formula is C16H17N3O4S. The van der Waals surface area contributed by atoms with E-state index in [1.54, 1.807) is 38.4 Å². The van der Waals surface area contributed by atoms with Gasteiger partial charge in [0.1, 0.15) is 12.6 Å². The number of carbonyl (C=O) groups is 4. The Morgan fingerprint density at radius 1 is 1.17 bits per heavy atom. The first kappa shape index (κ1) is 16.5. The molecule has 0 saturated carbocycles. The van der Waals surface area contributed by atoms with Gasteiger partial charge in [-0.05, 0) is 12.1 Å². The van der Waals surface area contributed by atoms with Gasteiger partial charge >= 0.3 is 0 Å². The predicted octanol–water partition coefficient (Wildman–Crippen LogP) is 0.272. The van der Waals surface area contributed by atoms with E-state index in [2.05, 4.69) is 0 Å². The van der Waals surface area contributed by atoms with E-state index in [0.717, 1.165) is 4.90 Å². The van der Waals surface area contributed by atoms with Crippen LogP contribution in [-0.4, -0.2) is 76.6 Å². The maximum atomic E-state index is 12.6. The lowest BCUT2D eigenvalue weighted by molar-refractivity contribution is -0.141. The fourth-order valence-corrected chi connectivity index (χ4v) is 3.97. The van der Waals surface area contributed by atoms with Crippen LogP contribution in [-0.2, 0) is 9.59 Å². The van der Waals surface area contributed by atoms with E-state index < -0.39 is 23.8 Å². The van der Waals surface area contributed by atoms with Gasteiger partial charge in [0.05, 0.1) is 17.0 Å². The Labute approximate surface area is 143 Å². The van der Waals surface area contributed by atoms with Crippen LogP contribution in [0.4, 0.5) is 0 Å². The molecule has 2 heterocycles. The molecule has 1 atom stereocenters. The molecule has 4 amide bonds. The number of carbonyl (C=O) groups excluding carboxylic acids is 4. The molecule has 0 N–H and O–H groups in total. The molecule has 0 radical (unpaired) electrons. The monoisotopic (exact) mass is 347 g/mol. The molecule has 0 spiro atoms. The van der Waals surface area contributed by atoms with E-state index in [1.807, 2.05) is 0 Å². The zero-order valence-electron chi connectivity index (χ0n) is 13.4. The minimum Gasteiger partial charge on any atom is -0.347 e. The molecule has 0 aromatic heterocycles. The first-order valence-corrected chi connectivity index (χ1v) is 8.61. The molecule has 2 aliphatic rings. The second-order valence-corrected chi connectivity index (χ2v) is 6.85. The maximum absolute atomic E-state index is 12.6. The van der Waals surface area contributed by atoms with E-state index >= 15 is 0 Å². The van der Waals surface area contributed by atoms with Gasteiger partial charge < -0.3 is 9.80 Å². The number of hydrogen-bond acceptors (Lipinski definition) is 5. The number of hydrogen-bond donors (Lipinski definition) is 0. The average Bonchev–Trinajstić information content (AvgIpc) is 3.14. The number of amides is 4. The van der Waals surface area contributed by atoms with Gasteiger partial charge in [0.25, 0.3) is 11.8 Å². The van der Waals surface area contributed by atoms with Crippen molar-refractivity contribution in [2.24, 2.45) is 0 Å². The molecular weight excluding hydrogens is 330 g/mol. The Bertz CT molecular complexity index is 699. The van der Waals surface area contributed by atoms with Crippen LogP contribution >= 0.6 is 11.8 Å². The molecule has 0 unspecified atom stereocenters. The lowest BCUT2D eigenvalue weighted by atomic mass is 10.1. The van der Waals surface area contributed by atoms with Gasteiger partial charge in [0, 0.05) is 19.8 Å². The van der Waals surface area contributed by atoms with Crippen LogP contribution in [0.3, 0.4) is 0 Å². The fourth-order valence-electron chi connectivity index (χ4n) is 2.80. The highest BCUT2D eigenvalue weighted by molar-refractivity contribution is 7.99. The van der Waals surface area contributed by atoms with Gasteiger partial charge in [-0.3, -0.25) is 24.1 Å². The molecule has 1 aromatic carbocycles. The van der Waals surface area contributed by atoms with Crippen molar-refractivity contribution in [3.05, 3.63) is 35.4 Å². The second-order valence-electron chi connectivity index (χ2n) is 5.85. The van der Waals surface area contributed by atoms with Crippen LogP contribution in [0.25, 0.3) is 0 Å². The third-order valence-electron chi connectivity index (χ3n) is 4.10. The molecule has 3 rings (SSSR count). The summed E-state index contributed by atoms with van der Waals surface area (Å²) in [5.74, 6) is -0.583. The SMILES string of the molecule is CN(C)C(=O)[C@@H]1CSCN1C(=O)CN1C(=O)c2ccccc2C1=O. The number of thioether (sulfide) groups is 1. The van der Waals surface area contributed by atoms with Crippen molar-refractivity contribution in [1.82, 2.24) is 14.7 Å². The van der Waals surface area contributed by atoms with Crippen molar-refractivity contribution in [3.8, 4) is 0 Å². The molecule has 8 heteroatoms. The van der Waals surface area contributed by atoms with Crippen LogP contribution in [0.1, 0.15) is 20.7 Å². The second kappa shape index (κ2) is 6.27. The quantitative estimate of drug-likeness (QED) is 0.734. The average molecular weight is 347 g/mol. The van der Waals surface area contributed by atoms with Crippen LogP contribution in [0, 0.1) is 0 Å².